The smallest absolute Gasteiger partial charge is 0.222 e. The van der Waals surface area contributed by atoms with E-state index in [9.17, 15) is 4.79 Å². The molecule has 0 spiro atoms. The molecule has 0 aromatic rings. The fourth-order valence-electron chi connectivity index (χ4n) is 2.38. The minimum atomic E-state index is 0.245. The second-order valence-electron chi connectivity index (χ2n) is 4.41. The van der Waals surface area contributed by atoms with E-state index in [0.29, 0.717) is 32.2 Å². The van der Waals surface area contributed by atoms with Gasteiger partial charge in [-0.3, -0.25) is 4.79 Å². The molecule has 1 aliphatic carbocycles. The Hall–Kier alpha value is -0.610. The first-order chi connectivity index (χ1) is 7.79. The van der Waals surface area contributed by atoms with Crippen LogP contribution in [0.25, 0.3) is 0 Å². The van der Waals surface area contributed by atoms with Gasteiger partial charge >= 0.3 is 0 Å². The highest BCUT2D eigenvalue weighted by atomic mass is 16.5. The van der Waals surface area contributed by atoms with Gasteiger partial charge in [0.2, 0.25) is 5.91 Å². The van der Waals surface area contributed by atoms with Crippen molar-refractivity contribution in [2.75, 3.05) is 26.8 Å². The Labute approximate surface area is 98.1 Å². The van der Waals surface area contributed by atoms with E-state index < -0.39 is 0 Å². The van der Waals surface area contributed by atoms with Crippen molar-refractivity contribution in [3.8, 4) is 0 Å². The fourth-order valence-corrected chi connectivity index (χ4v) is 2.38. The number of rotatable bonds is 7. The van der Waals surface area contributed by atoms with Crippen LogP contribution in [-0.2, 0) is 9.53 Å². The number of carbonyl (C=O) groups is 1. The summed E-state index contributed by atoms with van der Waals surface area (Å²) >= 11 is 0. The summed E-state index contributed by atoms with van der Waals surface area (Å²) in [5.74, 6) is 0.245. The van der Waals surface area contributed by atoms with Gasteiger partial charge in [-0.05, 0) is 19.3 Å². The molecule has 0 atom stereocenters. The molecule has 0 unspecified atom stereocenters. The van der Waals surface area contributed by atoms with Gasteiger partial charge in [-0.15, -0.1) is 0 Å². The number of ether oxygens (including phenoxy) is 1. The highest BCUT2D eigenvalue weighted by Gasteiger charge is 2.25. The van der Waals surface area contributed by atoms with E-state index in [2.05, 4.69) is 0 Å². The predicted octanol–water partition coefficient (Wildman–Crippen LogP) is 1.14. The third-order valence-electron chi connectivity index (χ3n) is 3.19. The topological polar surface area (TPSA) is 55.6 Å². The number of nitrogens with two attached hydrogens (primary N) is 1. The van der Waals surface area contributed by atoms with E-state index in [0.717, 1.165) is 19.3 Å². The molecule has 1 rings (SSSR count). The number of methoxy groups -OCH3 is 1. The largest absolute Gasteiger partial charge is 0.385 e. The molecule has 2 N–H and O–H groups in total. The van der Waals surface area contributed by atoms with E-state index >= 15 is 0 Å². The van der Waals surface area contributed by atoms with Gasteiger partial charge in [-0.25, -0.2) is 0 Å². The minimum absolute atomic E-state index is 0.245. The molecular weight excluding hydrogens is 204 g/mol. The van der Waals surface area contributed by atoms with Crippen molar-refractivity contribution in [1.29, 1.82) is 0 Å². The highest BCUT2D eigenvalue weighted by Crippen LogP contribution is 2.23. The van der Waals surface area contributed by atoms with Gasteiger partial charge in [-0.2, -0.15) is 0 Å². The van der Waals surface area contributed by atoms with Crippen molar-refractivity contribution in [1.82, 2.24) is 4.90 Å². The summed E-state index contributed by atoms with van der Waals surface area (Å²) < 4.78 is 4.96. The summed E-state index contributed by atoms with van der Waals surface area (Å²) in [6, 6.07) is 0.443. The molecule has 0 heterocycles. The van der Waals surface area contributed by atoms with Crippen LogP contribution < -0.4 is 5.73 Å². The lowest BCUT2D eigenvalue weighted by Crippen LogP contribution is -2.41. The fraction of sp³-hybridized carbons (Fsp3) is 0.917. The van der Waals surface area contributed by atoms with Crippen LogP contribution in [0.5, 0.6) is 0 Å². The zero-order valence-electron chi connectivity index (χ0n) is 10.3. The highest BCUT2D eigenvalue weighted by molar-refractivity contribution is 5.76. The molecule has 16 heavy (non-hydrogen) atoms. The summed E-state index contributed by atoms with van der Waals surface area (Å²) in [6.45, 7) is 1.93. The van der Waals surface area contributed by atoms with Crippen LogP contribution >= 0.6 is 0 Å². The van der Waals surface area contributed by atoms with Crippen molar-refractivity contribution >= 4 is 5.91 Å². The van der Waals surface area contributed by atoms with Crippen molar-refractivity contribution < 1.29 is 9.53 Å². The molecule has 0 radical (unpaired) electrons. The summed E-state index contributed by atoms with van der Waals surface area (Å²) in [4.78, 5) is 14.0. The van der Waals surface area contributed by atoms with E-state index in [1.165, 1.54) is 12.8 Å². The summed E-state index contributed by atoms with van der Waals surface area (Å²) in [7, 11) is 1.67. The summed E-state index contributed by atoms with van der Waals surface area (Å²) in [5.41, 5.74) is 5.57. The number of carbonyl (C=O) groups excluding carboxylic acids is 1. The van der Waals surface area contributed by atoms with Crippen LogP contribution in [-0.4, -0.2) is 43.7 Å². The molecule has 0 bridgehead atoms. The molecule has 94 valence electrons. The van der Waals surface area contributed by atoms with Crippen LogP contribution in [0.3, 0.4) is 0 Å². The maximum absolute atomic E-state index is 12.0. The standard InChI is InChI=1S/C12H24N2O2/c1-16-10-4-7-12(15)14(9-8-13)11-5-2-3-6-11/h11H,2-10,13H2,1H3. The van der Waals surface area contributed by atoms with Gasteiger partial charge in [0, 0.05) is 39.3 Å². The van der Waals surface area contributed by atoms with Crippen molar-refractivity contribution in [2.24, 2.45) is 5.73 Å². The second-order valence-corrected chi connectivity index (χ2v) is 4.41. The Morgan fingerprint density at radius 3 is 2.69 bits per heavy atom. The third-order valence-corrected chi connectivity index (χ3v) is 3.19. The number of hydrogen-bond acceptors (Lipinski definition) is 3. The van der Waals surface area contributed by atoms with Crippen LogP contribution in [0, 0.1) is 0 Å². The maximum atomic E-state index is 12.0. The Balaban J connectivity index is 2.38. The molecule has 4 heteroatoms. The molecule has 0 saturated heterocycles. The number of hydrogen-bond donors (Lipinski definition) is 1. The van der Waals surface area contributed by atoms with E-state index in [4.69, 9.17) is 10.5 Å². The minimum Gasteiger partial charge on any atom is -0.385 e. The molecule has 4 nitrogen and oxygen atoms in total. The third kappa shape index (κ3) is 4.10. The maximum Gasteiger partial charge on any atom is 0.222 e. The molecule has 1 aliphatic rings. The summed E-state index contributed by atoms with van der Waals surface area (Å²) in [6.07, 6.45) is 6.19. The van der Waals surface area contributed by atoms with E-state index in [1.54, 1.807) is 7.11 Å². The molecule has 0 aromatic carbocycles. The molecule has 1 saturated carbocycles. The SMILES string of the molecule is COCCCC(=O)N(CCN)C1CCCC1. The normalized spacial score (nSPS) is 16.6. The monoisotopic (exact) mass is 228 g/mol. The Morgan fingerprint density at radius 2 is 2.12 bits per heavy atom. The van der Waals surface area contributed by atoms with Gasteiger partial charge in [0.1, 0.15) is 0 Å². The summed E-state index contributed by atoms with van der Waals surface area (Å²) in [5, 5.41) is 0. The lowest BCUT2D eigenvalue weighted by Gasteiger charge is -2.28. The number of nitrogens with zero attached hydrogens (tertiary/aromatic N) is 1. The van der Waals surface area contributed by atoms with Gasteiger partial charge in [0.25, 0.3) is 0 Å². The van der Waals surface area contributed by atoms with Gasteiger partial charge in [0.05, 0.1) is 0 Å². The van der Waals surface area contributed by atoms with Crippen LogP contribution in [0.2, 0.25) is 0 Å². The predicted molar refractivity (Wildman–Crippen MR) is 64.1 cm³/mol. The van der Waals surface area contributed by atoms with Gasteiger partial charge < -0.3 is 15.4 Å². The first-order valence-electron chi connectivity index (χ1n) is 6.28. The zero-order valence-corrected chi connectivity index (χ0v) is 10.3. The van der Waals surface area contributed by atoms with Crippen LogP contribution in [0.15, 0.2) is 0 Å². The van der Waals surface area contributed by atoms with Crippen molar-refractivity contribution in [3.05, 3.63) is 0 Å². The molecule has 1 amide bonds. The average Bonchev–Trinajstić information content (AvgIpc) is 2.79. The first kappa shape index (κ1) is 13.5. The first-order valence-corrected chi connectivity index (χ1v) is 6.28. The van der Waals surface area contributed by atoms with Crippen LogP contribution in [0.4, 0.5) is 0 Å². The van der Waals surface area contributed by atoms with E-state index in [1.807, 2.05) is 4.90 Å². The van der Waals surface area contributed by atoms with Crippen molar-refractivity contribution in [3.63, 3.8) is 0 Å². The quantitative estimate of drug-likeness (QED) is 0.665. The molecular formula is C12H24N2O2. The lowest BCUT2D eigenvalue weighted by atomic mass is 10.2. The van der Waals surface area contributed by atoms with E-state index in [-0.39, 0.29) is 5.91 Å². The Bertz CT molecular complexity index is 203. The average molecular weight is 228 g/mol. The molecule has 0 aliphatic heterocycles. The Morgan fingerprint density at radius 1 is 1.44 bits per heavy atom. The lowest BCUT2D eigenvalue weighted by molar-refractivity contribution is -0.133. The molecule has 1 fully saturated rings. The second kappa shape index (κ2) is 7.63. The van der Waals surface area contributed by atoms with Gasteiger partial charge in [0.15, 0.2) is 0 Å². The zero-order chi connectivity index (χ0) is 11.8. The Kier molecular flexibility index (Phi) is 6.42. The number of amides is 1. The van der Waals surface area contributed by atoms with Crippen LogP contribution in [0.1, 0.15) is 38.5 Å². The molecule has 0 aromatic heterocycles. The van der Waals surface area contributed by atoms with Gasteiger partial charge in [-0.1, -0.05) is 12.8 Å². The van der Waals surface area contributed by atoms with Crippen molar-refractivity contribution in [2.45, 2.75) is 44.6 Å².